The van der Waals surface area contributed by atoms with Gasteiger partial charge in [-0.25, -0.2) is 0 Å². The summed E-state index contributed by atoms with van der Waals surface area (Å²) in [6.45, 7) is 9.23. The lowest BCUT2D eigenvalue weighted by Crippen LogP contribution is -2.30. The summed E-state index contributed by atoms with van der Waals surface area (Å²) in [5.74, 6) is 0.138. The van der Waals surface area contributed by atoms with Gasteiger partial charge in [-0.3, -0.25) is 4.79 Å². The van der Waals surface area contributed by atoms with E-state index in [2.05, 4.69) is 6.58 Å². The van der Waals surface area contributed by atoms with Crippen molar-refractivity contribution in [3.8, 4) is 0 Å². The number of nitrogens with two attached hydrogens (primary N) is 1. The summed E-state index contributed by atoms with van der Waals surface area (Å²) in [6, 6.07) is -0.0538. The zero-order valence-electron chi connectivity index (χ0n) is 7.55. The van der Waals surface area contributed by atoms with Crippen LogP contribution in [0, 0.1) is 5.92 Å². The molecule has 0 amide bonds. The Morgan fingerprint density at radius 1 is 1.55 bits per heavy atom. The average molecular weight is 155 g/mol. The normalized spacial score (nSPS) is 15.6. The highest BCUT2D eigenvalue weighted by molar-refractivity contribution is 5.83. The average Bonchev–Trinajstić information content (AvgIpc) is 1.84. The van der Waals surface area contributed by atoms with Crippen molar-refractivity contribution < 1.29 is 4.79 Å². The van der Waals surface area contributed by atoms with E-state index >= 15 is 0 Å². The van der Waals surface area contributed by atoms with Gasteiger partial charge in [0.05, 0.1) is 0 Å². The summed E-state index contributed by atoms with van der Waals surface area (Å²) in [6.07, 6.45) is 0.461. The van der Waals surface area contributed by atoms with Crippen LogP contribution in [-0.2, 0) is 4.79 Å². The predicted octanol–water partition coefficient (Wildman–Crippen LogP) is 1.50. The topological polar surface area (TPSA) is 43.1 Å². The third kappa shape index (κ3) is 3.94. The van der Waals surface area contributed by atoms with Crippen molar-refractivity contribution in [1.82, 2.24) is 0 Å². The number of ketones is 1. The standard InChI is InChI=1S/C9H17NO/c1-6(2)5-9(11)7(3)8(4)10/h7-8H,1,5,10H2,2-4H3. The highest BCUT2D eigenvalue weighted by Gasteiger charge is 2.16. The molecular formula is C9H17NO. The first-order chi connectivity index (χ1) is 4.95. The highest BCUT2D eigenvalue weighted by atomic mass is 16.1. The van der Waals surface area contributed by atoms with E-state index in [9.17, 15) is 4.79 Å². The van der Waals surface area contributed by atoms with Crippen LogP contribution in [0.25, 0.3) is 0 Å². The van der Waals surface area contributed by atoms with E-state index in [1.807, 2.05) is 20.8 Å². The van der Waals surface area contributed by atoms with Crippen LogP contribution in [0.4, 0.5) is 0 Å². The molecule has 0 aromatic rings. The second kappa shape index (κ2) is 4.29. The van der Waals surface area contributed by atoms with Crippen molar-refractivity contribution in [2.24, 2.45) is 11.7 Å². The van der Waals surface area contributed by atoms with Gasteiger partial charge in [0.25, 0.3) is 0 Å². The van der Waals surface area contributed by atoms with E-state index in [4.69, 9.17) is 5.73 Å². The molecule has 0 saturated carbocycles. The number of allylic oxidation sites excluding steroid dienone is 1. The molecule has 0 fully saturated rings. The molecule has 0 bridgehead atoms. The lowest BCUT2D eigenvalue weighted by molar-refractivity contribution is -0.122. The van der Waals surface area contributed by atoms with Crippen molar-refractivity contribution in [2.75, 3.05) is 0 Å². The first-order valence-corrected chi connectivity index (χ1v) is 3.87. The van der Waals surface area contributed by atoms with Crippen LogP contribution in [0.1, 0.15) is 27.2 Å². The van der Waals surface area contributed by atoms with Crippen molar-refractivity contribution in [1.29, 1.82) is 0 Å². The van der Waals surface area contributed by atoms with Crippen LogP contribution in [0.15, 0.2) is 12.2 Å². The smallest absolute Gasteiger partial charge is 0.141 e. The molecule has 0 aliphatic heterocycles. The molecule has 11 heavy (non-hydrogen) atoms. The molecule has 64 valence electrons. The molecule has 2 heteroatoms. The molecule has 2 N–H and O–H groups in total. The number of hydrogen-bond donors (Lipinski definition) is 1. The van der Waals surface area contributed by atoms with Gasteiger partial charge in [0.2, 0.25) is 0 Å². The Bertz CT molecular complexity index is 161. The van der Waals surface area contributed by atoms with E-state index in [-0.39, 0.29) is 17.7 Å². The number of hydrogen-bond acceptors (Lipinski definition) is 2. The Balaban J connectivity index is 3.93. The molecule has 0 saturated heterocycles. The second-order valence-electron chi connectivity index (χ2n) is 3.25. The van der Waals surface area contributed by atoms with Crippen LogP contribution in [0.5, 0.6) is 0 Å². The molecule has 0 spiro atoms. The maximum atomic E-state index is 11.3. The van der Waals surface area contributed by atoms with Gasteiger partial charge in [-0.1, -0.05) is 19.1 Å². The van der Waals surface area contributed by atoms with Crippen molar-refractivity contribution >= 4 is 5.78 Å². The van der Waals surface area contributed by atoms with Gasteiger partial charge < -0.3 is 5.73 Å². The minimum absolute atomic E-state index is 0.0494. The summed E-state index contributed by atoms with van der Waals surface area (Å²) < 4.78 is 0. The Labute approximate surface area is 68.5 Å². The monoisotopic (exact) mass is 155 g/mol. The highest BCUT2D eigenvalue weighted by Crippen LogP contribution is 2.08. The van der Waals surface area contributed by atoms with Crippen molar-refractivity contribution in [3.05, 3.63) is 12.2 Å². The fourth-order valence-corrected chi connectivity index (χ4v) is 0.752. The maximum absolute atomic E-state index is 11.3. The van der Waals surface area contributed by atoms with Crippen LogP contribution >= 0.6 is 0 Å². The molecule has 0 radical (unpaired) electrons. The minimum atomic E-state index is -0.0538. The maximum Gasteiger partial charge on any atom is 0.141 e. The molecule has 0 aromatic heterocycles. The molecular weight excluding hydrogens is 138 g/mol. The van der Waals surface area contributed by atoms with Gasteiger partial charge in [0, 0.05) is 18.4 Å². The first-order valence-electron chi connectivity index (χ1n) is 3.87. The Kier molecular flexibility index (Phi) is 4.04. The third-order valence-corrected chi connectivity index (χ3v) is 1.77. The van der Waals surface area contributed by atoms with Crippen molar-refractivity contribution in [3.63, 3.8) is 0 Å². The van der Waals surface area contributed by atoms with Gasteiger partial charge in [-0.05, 0) is 13.8 Å². The van der Waals surface area contributed by atoms with E-state index < -0.39 is 0 Å². The summed E-state index contributed by atoms with van der Waals surface area (Å²) in [5, 5.41) is 0. The number of carbonyl (C=O) groups excluding carboxylic acids is 1. The molecule has 2 nitrogen and oxygen atoms in total. The lowest BCUT2D eigenvalue weighted by Gasteiger charge is -2.13. The fraction of sp³-hybridized carbons (Fsp3) is 0.667. The van der Waals surface area contributed by atoms with E-state index in [0.29, 0.717) is 6.42 Å². The molecule has 0 aliphatic carbocycles. The number of Topliss-reactive ketones (excluding diaryl/α,β-unsaturated/α-hetero) is 1. The van der Waals surface area contributed by atoms with Gasteiger partial charge in [0.15, 0.2) is 0 Å². The molecule has 2 atom stereocenters. The lowest BCUT2D eigenvalue weighted by atomic mass is 9.95. The van der Waals surface area contributed by atoms with Gasteiger partial charge in [-0.15, -0.1) is 0 Å². The summed E-state index contributed by atoms with van der Waals surface area (Å²) in [5.41, 5.74) is 6.47. The van der Waals surface area contributed by atoms with Gasteiger partial charge >= 0.3 is 0 Å². The van der Waals surface area contributed by atoms with Crippen LogP contribution in [0.3, 0.4) is 0 Å². The van der Waals surface area contributed by atoms with Crippen molar-refractivity contribution in [2.45, 2.75) is 33.2 Å². The van der Waals surface area contributed by atoms with Gasteiger partial charge in [-0.2, -0.15) is 0 Å². The van der Waals surface area contributed by atoms with Gasteiger partial charge in [0.1, 0.15) is 5.78 Å². The first kappa shape index (κ1) is 10.4. The summed E-state index contributed by atoms with van der Waals surface area (Å²) >= 11 is 0. The van der Waals surface area contributed by atoms with E-state index in [0.717, 1.165) is 5.57 Å². The molecule has 0 aromatic carbocycles. The van der Waals surface area contributed by atoms with Crippen LogP contribution < -0.4 is 5.73 Å². The number of rotatable bonds is 4. The van der Waals surface area contributed by atoms with E-state index in [1.165, 1.54) is 0 Å². The van der Waals surface area contributed by atoms with E-state index in [1.54, 1.807) is 0 Å². The number of carbonyl (C=O) groups is 1. The molecule has 0 aliphatic rings. The summed E-state index contributed by atoms with van der Waals surface area (Å²) in [7, 11) is 0. The Hall–Kier alpha value is -0.630. The zero-order valence-corrected chi connectivity index (χ0v) is 7.55. The minimum Gasteiger partial charge on any atom is -0.327 e. The SMILES string of the molecule is C=C(C)CC(=O)C(C)C(C)N. The Morgan fingerprint density at radius 2 is 2.00 bits per heavy atom. The largest absolute Gasteiger partial charge is 0.327 e. The fourth-order valence-electron chi connectivity index (χ4n) is 0.752. The van der Waals surface area contributed by atoms with Crippen LogP contribution in [-0.4, -0.2) is 11.8 Å². The molecule has 0 rings (SSSR count). The molecule has 0 heterocycles. The Morgan fingerprint density at radius 3 is 2.27 bits per heavy atom. The second-order valence-corrected chi connectivity index (χ2v) is 3.25. The summed E-state index contributed by atoms with van der Waals surface area (Å²) in [4.78, 5) is 11.3. The van der Waals surface area contributed by atoms with Crippen LogP contribution in [0.2, 0.25) is 0 Å². The quantitative estimate of drug-likeness (QED) is 0.625. The third-order valence-electron chi connectivity index (χ3n) is 1.77. The zero-order chi connectivity index (χ0) is 9.02. The molecule has 2 unspecified atom stereocenters. The predicted molar refractivity (Wildman–Crippen MR) is 47.3 cm³/mol.